The Morgan fingerprint density at radius 1 is 1.12 bits per heavy atom. The second-order valence-electron chi connectivity index (χ2n) is 6.86. The molecule has 0 radical (unpaired) electrons. The van der Waals surface area contributed by atoms with Crippen molar-refractivity contribution in [1.29, 1.82) is 0 Å². The molecule has 34 heavy (non-hydrogen) atoms. The zero-order chi connectivity index (χ0) is 24.8. The van der Waals surface area contributed by atoms with Crippen molar-refractivity contribution < 1.29 is 35.5 Å². The summed E-state index contributed by atoms with van der Waals surface area (Å²) < 4.78 is 89.6. The number of methoxy groups -OCH3 is 1. The zero-order valence-corrected chi connectivity index (χ0v) is 19.9. The summed E-state index contributed by atoms with van der Waals surface area (Å²) >= 11 is 1.89. The predicted octanol–water partition coefficient (Wildman–Crippen LogP) is 4.76. The number of halogens is 5. The fraction of sp³-hybridized carbons (Fsp3) is 0.0476. The first kappa shape index (κ1) is 23.9. The van der Waals surface area contributed by atoms with Gasteiger partial charge in [0.05, 0.1) is 33.7 Å². The minimum absolute atomic E-state index is 0.139. The van der Waals surface area contributed by atoms with Crippen LogP contribution in [-0.4, -0.2) is 31.3 Å². The van der Waals surface area contributed by atoms with E-state index in [0.29, 0.717) is 33.6 Å². The van der Waals surface area contributed by atoms with E-state index in [2.05, 4.69) is 9.97 Å². The lowest BCUT2D eigenvalue weighted by Crippen LogP contribution is -2.18. The van der Waals surface area contributed by atoms with Gasteiger partial charge in [-0.05, 0) is 52.9 Å². The zero-order valence-electron chi connectivity index (χ0n) is 16.9. The van der Waals surface area contributed by atoms with Crippen LogP contribution in [0.4, 0.5) is 23.2 Å². The molecule has 0 saturated carbocycles. The van der Waals surface area contributed by atoms with Gasteiger partial charge in [0.2, 0.25) is 5.78 Å². The first-order valence-electron chi connectivity index (χ1n) is 9.25. The number of benzene rings is 2. The molecule has 0 saturated heterocycles. The van der Waals surface area contributed by atoms with Crippen molar-refractivity contribution in [2.24, 2.45) is 0 Å². The molecule has 0 aliphatic rings. The van der Waals surface area contributed by atoms with E-state index in [1.54, 1.807) is 4.72 Å². The van der Waals surface area contributed by atoms with Crippen LogP contribution in [-0.2, 0) is 10.0 Å². The van der Waals surface area contributed by atoms with Crippen LogP contribution in [0.3, 0.4) is 0 Å². The largest absolute Gasteiger partial charge is 0.494 e. The molecule has 2 N–H and O–H groups in total. The summed E-state index contributed by atoms with van der Waals surface area (Å²) in [5.41, 5.74) is -1.77. The van der Waals surface area contributed by atoms with Crippen LogP contribution < -0.4 is 9.46 Å². The molecule has 0 atom stereocenters. The van der Waals surface area contributed by atoms with Crippen molar-refractivity contribution in [3.8, 4) is 5.75 Å². The number of nitrogens with one attached hydrogen (secondary N) is 2. The number of rotatable bonds is 6. The lowest BCUT2D eigenvalue weighted by molar-refractivity contribution is 0.103. The van der Waals surface area contributed by atoms with Crippen LogP contribution in [0.25, 0.3) is 11.0 Å². The van der Waals surface area contributed by atoms with Gasteiger partial charge in [-0.1, -0.05) is 0 Å². The molecule has 0 amide bonds. The van der Waals surface area contributed by atoms with Crippen molar-refractivity contribution in [1.82, 2.24) is 9.97 Å². The average Bonchev–Trinajstić information content (AvgIpc) is 3.22. The highest BCUT2D eigenvalue weighted by Crippen LogP contribution is 2.33. The van der Waals surface area contributed by atoms with Gasteiger partial charge in [0.25, 0.3) is 10.0 Å². The van der Waals surface area contributed by atoms with Gasteiger partial charge >= 0.3 is 0 Å². The number of ketones is 1. The molecule has 0 aliphatic carbocycles. The maximum atomic E-state index is 15.2. The van der Waals surface area contributed by atoms with Crippen LogP contribution in [0, 0.1) is 26.8 Å². The van der Waals surface area contributed by atoms with E-state index in [0.717, 1.165) is 6.07 Å². The van der Waals surface area contributed by atoms with Crippen LogP contribution in [0.2, 0.25) is 0 Å². The first-order valence-corrected chi connectivity index (χ1v) is 11.8. The van der Waals surface area contributed by atoms with E-state index in [4.69, 9.17) is 4.74 Å². The van der Waals surface area contributed by atoms with Gasteiger partial charge in [0.15, 0.2) is 11.6 Å². The Bertz CT molecular complexity index is 1570. The number of H-pyrrole nitrogens is 1. The molecule has 176 valence electrons. The summed E-state index contributed by atoms with van der Waals surface area (Å²) in [7, 11) is -3.44. The molecular formula is C21H12F4IN3O4S. The van der Waals surface area contributed by atoms with Gasteiger partial charge < -0.3 is 9.72 Å². The number of hydrogen-bond acceptors (Lipinski definition) is 5. The topological polar surface area (TPSA) is 101 Å². The molecule has 0 spiro atoms. The fourth-order valence-electron chi connectivity index (χ4n) is 3.22. The number of anilines is 1. The number of fused-ring (bicyclic) bond motifs is 1. The molecule has 2 aromatic heterocycles. The molecule has 0 bridgehead atoms. The maximum absolute atomic E-state index is 15.2. The van der Waals surface area contributed by atoms with E-state index in [9.17, 15) is 26.4 Å². The van der Waals surface area contributed by atoms with Gasteiger partial charge in [0.1, 0.15) is 28.0 Å². The number of hydrogen-bond donors (Lipinski definition) is 2. The molecule has 4 rings (SSSR count). The summed E-state index contributed by atoms with van der Waals surface area (Å²) in [4.78, 5) is 18.9. The third kappa shape index (κ3) is 4.09. The Morgan fingerprint density at radius 3 is 2.53 bits per heavy atom. The van der Waals surface area contributed by atoms with Gasteiger partial charge in [-0.2, -0.15) is 0 Å². The van der Waals surface area contributed by atoms with E-state index in [1.165, 1.54) is 19.5 Å². The van der Waals surface area contributed by atoms with Crippen molar-refractivity contribution in [3.05, 3.63) is 80.7 Å². The SMILES string of the molecule is COc1cnc2[nH]cc(C(=O)c3c(F)ccc(NS(=O)(=O)c4cc(F)ccc4F)c3F)c2c1I. The highest BCUT2D eigenvalue weighted by atomic mass is 127. The summed E-state index contributed by atoms with van der Waals surface area (Å²) in [6, 6.07) is 3.09. The minimum atomic E-state index is -4.82. The summed E-state index contributed by atoms with van der Waals surface area (Å²) in [5, 5.41) is 0.247. The monoisotopic (exact) mass is 605 g/mol. The van der Waals surface area contributed by atoms with Gasteiger partial charge in [-0.3, -0.25) is 9.52 Å². The highest BCUT2D eigenvalue weighted by Gasteiger charge is 2.28. The number of nitrogens with zero attached hydrogens (tertiary/aromatic N) is 1. The third-order valence-electron chi connectivity index (χ3n) is 4.82. The second kappa shape index (κ2) is 8.87. The Hall–Kier alpha value is -3.20. The number of carbonyl (C=O) groups is 1. The first-order chi connectivity index (χ1) is 16.0. The summed E-state index contributed by atoms with van der Waals surface area (Å²) in [6.07, 6.45) is 2.61. The number of aromatic nitrogens is 2. The molecule has 4 aromatic rings. The normalized spacial score (nSPS) is 11.6. The number of pyridine rings is 1. The van der Waals surface area contributed by atoms with Crippen LogP contribution in [0.15, 0.2) is 47.6 Å². The Morgan fingerprint density at radius 2 is 1.82 bits per heavy atom. The third-order valence-corrected chi connectivity index (χ3v) is 7.27. The molecule has 2 aromatic carbocycles. The predicted molar refractivity (Wildman–Crippen MR) is 122 cm³/mol. The number of carbonyl (C=O) groups excluding carboxylic acids is 1. The van der Waals surface area contributed by atoms with Crippen molar-refractivity contribution in [3.63, 3.8) is 0 Å². The Kier molecular flexibility index (Phi) is 6.24. The molecule has 7 nitrogen and oxygen atoms in total. The lowest BCUT2D eigenvalue weighted by Gasteiger charge is -2.12. The maximum Gasteiger partial charge on any atom is 0.265 e. The minimum Gasteiger partial charge on any atom is -0.494 e. The highest BCUT2D eigenvalue weighted by molar-refractivity contribution is 14.1. The number of aromatic amines is 1. The Labute approximate surface area is 203 Å². The van der Waals surface area contributed by atoms with Crippen LogP contribution >= 0.6 is 22.6 Å². The van der Waals surface area contributed by atoms with Crippen molar-refractivity contribution in [2.45, 2.75) is 4.90 Å². The number of ether oxygens (including phenoxy) is 1. The van der Waals surface area contributed by atoms with E-state index in [-0.39, 0.29) is 16.6 Å². The van der Waals surface area contributed by atoms with E-state index >= 15 is 4.39 Å². The lowest BCUT2D eigenvalue weighted by atomic mass is 10.0. The summed E-state index contributed by atoms with van der Waals surface area (Å²) in [5.74, 6) is -5.92. The molecule has 0 unspecified atom stereocenters. The molecule has 13 heteroatoms. The number of sulfonamides is 1. The van der Waals surface area contributed by atoms with Gasteiger partial charge in [0, 0.05) is 11.6 Å². The van der Waals surface area contributed by atoms with Crippen LogP contribution in [0.5, 0.6) is 5.75 Å². The van der Waals surface area contributed by atoms with Gasteiger partial charge in [-0.25, -0.2) is 31.0 Å². The van der Waals surface area contributed by atoms with Crippen molar-refractivity contribution >= 4 is 55.1 Å². The molecular weight excluding hydrogens is 593 g/mol. The molecule has 2 heterocycles. The smallest absolute Gasteiger partial charge is 0.265 e. The fourth-order valence-corrected chi connectivity index (χ4v) is 5.27. The molecule has 0 aliphatic heterocycles. The standard InChI is InChI=1S/C21H12F4IN3O4S/c1-33-14-8-28-21-16(19(14)26)10(7-27-21)20(30)17-12(24)4-5-13(18(17)25)29-34(31,32)15-6-9(22)2-3-11(15)23/h2-8,29H,1H3,(H,27,28). The molecule has 0 fully saturated rings. The van der Waals surface area contributed by atoms with E-state index < -0.39 is 55.2 Å². The quantitative estimate of drug-likeness (QED) is 0.188. The van der Waals surface area contributed by atoms with Crippen molar-refractivity contribution in [2.75, 3.05) is 11.8 Å². The second-order valence-corrected chi connectivity index (χ2v) is 9.59. The van der Waals surface area contributed by atoms with Crippen LogP contribution in [0.1, 0.15) is 15.9 Å². The Balaban J connectivity index is 1.81. The van der Waals surface area contributed by atoms with E-state index in [1.807, 2.05) is 22.6 Å². The summed E-state index contributed by atoms with van der Waals surface area (Å²) in [6.45, 7) is 0. The van der Waals surface area contributed by atoms with Gasteiger partial charge in [-0.15, -0.1) is 0 Å². The average molecular weight is 605 g/mol.